The van der Waals surface area contributed by atoms with Gasteiger partial charge in [0.25, 0.3) is 0 Å². The van der Waals surface area contributed by atoms with Crippen LogP contribution in [-0.4, -0.2) is 11.6 Å². The van der Waals surface area contributed by atoms with Crippen LogP contribution >= 0.6 is 0 Å². The van der Waals surface area contributed by atoms with Crippen molar-refractivity contribution in [3.63, 3.8) is 0 Å². The standard InChI is InChI=1S/C12H14N2O2/c1-13-8-11-2-3-12(16-11)9-14-6-4-10(15)5-7-14/h2-7,13H,8-9H2,1H3. The molecule has 0 unspecified atom stereocenters. The molecule has 0 radical (unpaired) electrons. The molecule has 0 fully saturated rings. The summed E-state index contributed by atoms with van der Waals surface area (Å²) in [6.07, 6.45) is 3.51. The molecule has 0 aromatic carbocycles. The molecule has 0 aliphatic heterocycles. The molecule has 0 spiro atoms. The van der Waals surface area contributed by atoms with Gasteiger partial charge in [-0.2, -0.15) is 0 Å². The zero-order valence-corrected chi connectivity index (χ0v) is 9.14. The number of nitrogens with one attached hydrogen (secondary N) is 1. The van der Waals surface area contributed by atoms with E-state index in [0.717, 1.165) is 18.1 Å². The van der Waals surface area contributed by atoms with E-state index in [1.54, 1.807) is 12.4 Å². The van der Waals surface area contributed by atoms with Gasteiger partial charge in [-0.1, -0.05) is 0 Å². The van der Waals surface area contributed by atoms with E-state index in [0.29, 0.717) is 6.54 Å². The third-order valence-electron chi connectivity index (χ3n) is 2.27. The summed E-state index contributed by atoms with van der Waals surface area (Å²) in [6.45, 7) is 1.37. The van der Waals surface area contributed by atoms with Crippen LogP contribution in [0.2, 0.25) is 0 Å². The molecule has 2 aromatic rings. The first-order valence-corrected chi connectivity index (χ1v) is 5.16. The zero-order chi connectivity index (χ0) is 11.4. The minimum Gasteiger partial charge on any atom is -0.463 e. The van der Waals surface area contributed by atoms with Crippen molar-refractivity contribution in [3.05, 3.63) is 58.4 Å². The minimum absolute atomic E-state index is 0.0200. The van der Waals surface area contributed by atoms with Crippen LogP contribution < -0.4 is 10.7 Å². The summed E-state index contributed by atoms with van der Waals surface area (Å²) in [5.41, 5.74) is 0.0200. The Morgan fingerprint density at radius 1 is 1.19 bits per heavy atom. The predicted molar refractivity (Wildman–Crippen MR) is 61.3 cm³/mol. The Hall–Kier alpha value is -1.81. The van der Waals surface area contributed by atoms with E-state index in [-0.39, 0.29) is 5.43 Å². The number of pyridine rings is 1. The molecule has 0 aliphatic rings. The highest BCUT2D eigenvalue weighted by Gasteiger charge is 2.01. The average molecular weight is 218 g/mol. The summed E-state index contributed by atoms with van der Waals surface area (Å²) < 4.78 is 7.50. The molecule has 0 atom stereocenters. The van der Waals surface area contributed by atoms with Crippen LogP contribution in [0, 0.1) is 0 Å². The van der Waals surface area contributed by atoms with Crippen molar-refractivity contribution < 1.29 is 4.42 Å². The molecule has 0 bridgehead atoms. The van der Waals surface area contributed by atoms with Gasteiger partial charge < -0.3 is 14.3 Å². The van der Waals surface area contributed by atoms with E-state index >= 15 is 0 Å². The molecule has 2 rings (SSSR count). The summed E-state index contributed by atoms with van der Waals surface area (Å²) in [6, 6.07) is 6.98. The monoisotopic (exact) mass is 218 g/mol. The van der Waals surface area contributed by atoms with Gasteiger partial charge in [-0.05, 0) is 19.2 Å². The second-order valence-corrected chi connectivity index (χ2v) is 3.60. The SMILES string of the molecule is CNCc1ccc(Cn2ccc(=O)cc2)o1. The number of nitrogens with zero attached hydrogens (tertiary/aromatic N) is 1. The maximum Gasteiger partial charge on any atom is 0.181 e. The number of furan rings is 1. The fourth-order valence-electron chi connectivity index (χ4n) is 1.51. The van der Waals surface area contributed by atoms with Crippen LogP contribution in [0.25, 0.3) is 0 Å². The number of hydrogen-bond acceptors (Lipinski definition) is 3. The van der Waals surface area contributed by atoms with Gasteiger partial charge in [0.15, 0.2) is 5.43 Å². The van der Waals surface area contributed by atoms with E-state index in [1.165, 1.54) is 12.1 Å². The smallest absolute Gasteiger partial charge is 0.181 e. The lowest BCUT2D eigenvalue weighted by molar-refractivity contribution is 0.444. The van der Waals surface area contributed by atoms with Crippen molar-refractivity contribution >= 4 is 0 Å². The average Bonchev–Trinajstić information content (AvgIpc) is 2.70. The second-order valence-electron chi connectivity index (χ2n) is 3.60. The van der Waals surface area contributed by atoms with Crippen molar-refractivity contribution in [2.45, 2.75) is 13.1 Å². The molecular formula is C12H14N2O2. The first-order valence-electron chi connectivity index (χ1n) is 5.16. The Morgan fingerprint density at radius 3 is 2.56 bits per heavy atom. The van der Waals surface area contributed by atoms with Crippen molar-refractivity contribution in [1.82, 2.24) is 9.88 Å². The number of rotatable bonds is 4. The van der Waals surface area contributed by atoms with E-state index < -0.39 is 0 Å². The van der Waals surface area contributed by atoms with Crippen LogP contribution in [0.3, 0.4) is 0 Å². The molecule has 4 nitrogen and oxygen atoms in total. The molecule has 0 aliphatic carbocycles. The van der Waals surface area contributed by atoms with Gasteiger partial charge in [-0.25, -0.2) is 0 Å². The van der Waals surface area contributed by atoms with Crippen LogP contribution in [-0.2, 0) is 13.1 Å². The predicted octanol–water partition coefficient (Wildman–Crippen LogP) is 1.21. The Bertz CT molecular complexity index is 493. The van der Waals surface area contributed by atoms with Gasteiger partial charge in [-0.15, -0.1) is 0 Å². The fraction of sp³-hybridized carbons (Fsp3) is 0.250. The third-order valence-corrected chi connectivity index (χ3v) is 2.27. The first-order chi connectivity index (χ1) is 7.78. The third kappa shape index (κ3) is 2.61. The Kier molecular flexibility index (Phi) is 3.22. The highest BCUT2D eigenvalue weighted by atomic mass is 16.3. The van der Waals surface area contributed by atoms with Crippen LogP contribution in [0.15, 0.2) is 45.9 Å². The normalized spacial score (nSPS) is 10.6. The quantitative estimate of drug-likeness (QED) is 0.839. The molecule has 1 N–H and O–H groups in total. The molecule has 0 saturated heterocycles. The fourth-order valence-corrected chi connectivity index (χ4v) is 1.51. The van der Waals surface area contributed by atoms with Gasteiger partial charge in [0.1, 0.15) is 11.5 Å². The molecule has 84 valence electrons. The first kappa shape index (κ1) is 10.7. The van der Waals surface area contributed by atoms with Crippen LogP contribution in [0.1, 0.15) is 11.5 Å². The number of aromatic nitrogens is 1. The molecule has 4 heteroatoms. The Labute approximate surface area is 93.5 Å². The maximum absolute atomic E-state index is 10.9. The second kappa shape index (κ2) is 4.81. The van der Waals surface area contributed by atoms with Gasteiger partial charge in [0.2, 0.25) is 0 Å². The van der Waals surface area contributed by atoms with E-state index in [4.69, 9.17) is 4.42 Å². The van der Waals surface area contributed by atoms with Crippen LogP contribution in [0.5, 0.6) is 0 Å². The largest absolute Gasteiger partial charge is 0.463 e. The summed E-state index contributed by atoms with van der Waals surface area (Å²) >= 11 is 0. The Morgan fingerprint density at radius 2 is 1.88 bits per heavy atom. The summed E-state index contributed by atoms with van der Waals surface area (Å²) in [7, 11) is 1.88. The minimum atomic E-state index is 0.0200. The van der Waals surface area contributed by atoms with Gasteiger partial charge in [0.05, 0.1) is 13.1 Å². The summed E-state index contributed by atoms with van der Waals surface area (Å²) in [4.78, 5) is 10.9. The van der Waals surface area contributed by atoms with Gasteiger partial charge in [0, 0.05) is 24.5 Å². The molecular weight excluding hydrogens is 204 g/mol. The van der Waals surface area contributed by atoms with E-state index in [9.17, 15) is 4.79 Å². The number of hydrogen-bond donors (Lipinski definition) is 1. The lowest BCUT2D eigenvalue weighted by atomic mass is 10.4. The summed E-state index contributed by atoms with van der Waals surface area (Å²) in [5, 5.41) is 3.03. The molecule has 2 heterocycles. The van der Waals surface area contributed by atoms with Crippen molar-refractivity contribution in [1.29, 1.82) is 0 Å². The molecule has 2 aromatic heterocycles. The summed E-state index contributed by atoms with van der Waals surface area (Å²) in [5.74, 6) is 1.80. The topological polar surface area (TPSA) is 47.2 Å². The van der Waals surface area contributed by atoms with Gasteiger partial charge in [-0.3, -0.25) is 4.79 Å². The van der Waals surface area contributed by atoms with Crippen molar-refractivity contribution in [2.75, 3.05) is 7.05 Å². The Balaban J connectivity index is 2.08. The van der Waals surface area contributed by atoms with Crippen molar-refractivity contribution in [3.8, 4) is 0 Å². The highest BCUT2D eigenvalue weighted by Crippen LogP contribution is 2.08. The lowest BCUT2D eigenvalue weighted by Crippen LogP contribution is -2.05. The van der Waals surface area contributed by atoms with E-state index in [1.807, 2.05) is 23.7 Å². The van der Waals surface area contributed by atoms with Crippen LogP contribution in [0.4, 0.5) is 0 Å². The molecule has 0 amide bonds. The molecule has 0 saturated carbocycles. The highest BCUT2D eigenvalue weighted by molar-refractivity contribution is 5.08. The lowest BCUT2D eigenvalue weighted by Gasteiger charge is -2.02. The van der Waals surface area contributed by atoms with Gasteiger partial charge >= 0.3 is 0 Å². The van der Waals surface area contributed by atoms with E-state index in [2.05, 4.69) is 5.32 Å². The zero-order valence-electron chi connectivity index (χ0n) is 9.14. The molecule has 16 heavy (non-hydrogen) atoms. The van der Waals surface area contributed by atoms with Crippen molar-refractivity contribution in [2.24, 2.45) is 0 Å². The maximum atomic E-state index is 10.9.